The number of carbonyl (C=O) groups is 2. The maximum atomic E-state index is 12.4. The molecular formula is C29H46O8. The van der Waals surface area contributed by atoms with Gasteiger partial charge in [0.05, 0.1) is 30.8 Å². The second-order valence-electron chi connectivity index (χ2n) is 10.8. The summed E-state index contributed by atoms with van der Waals surface area (Å²) in [5.74, 6) is -2.99. The van der Waals surface area contributed by atoms with Crippen LogP contribution in [0.1, 0.15) is 80.1 Å². The van der Waals surface area contributed by atoms with Gasteiger partial charge in [-0.1, -0.05) is 52.0 Å². The van der Waals surface area contributed by atoms with Gasteiger partial charge in [-0.05, 0) is 50.2 Å². The number of aliphatic hydroxyl groups excluding tert-OH is 2. The number of hydrogen-bond donors (Lipinski definition) is 3. The van der Waals surface area contributed by atoms with Crippen molar-refractivity contribution >= 4 is 11.9 Å². The molecule has 8 nitrogen and oxygen atoms in total. The Morgan fingerprint density at radius 2 is 2.00 bits per heavy atom. The average Bonchev–Trinajstić information content (AvgIpc) is 3.58. The van der Waals surface area contributed by atoms with Crippen LogP contribution in [0, 0.1) is 17.8 Å². The maximum absolute atomic E-state index is 12.4. The third-order valence-corrected chi connectivity index (χ3v) is 7.40. The van der Waals surface area contributed by atoms with E-state index in [4.69, 9.17) is 14.2 Å². The molecule has 210 valence electrons. The molecule has 2 rings (SSSR count). The highest BCUT2D eigenvalue weighted by molar-refractivity contribution is 5.70. The molecule has 0 spiro atoms. The smallest absolute Gasteiger partial charge is 0.309 e. The van der Waals surface area contributed by atoms with Crippen molar-refractivity contribution in [3.8, 4) is 0 Å². The summed E-state index contributed by atoms with van der Waals surface area (Å²) in [7, 11) is 0. The van der Waals surface area contributed by atoms with Gasteiger partial charge in [0.15, 0.2) is 0 Å². The quantitative estimate of drug-likeness (QED) is 0.136. The largest absolute Gasteiger partial charge is 0.457 e. The van der Waals surface area contributed by atoms with Crippen LogP contribution in [0.2, 0.25) is 0 Å². The number of epoxide rings is 1. The normalized spacial score (nSPS) is 35.0. The van der Waals surface area contributed by atoms with Gasteiger partial charge in [-0.25, -0.2) is 0 Å². The summed E-state index contributed by atoms with van der Waals surface area (Å²) in [6.45, 7) is 10.9. The number of cyclic esters (lactones) is 1. The lowest BCUT2D eigenvalue weighted by Gasteiger charge is -2.31. The molecule has 2 aliphatic rings. The van der Waals surface area contributed by atoms with Crippen LogP contribution in [0.15, 0.2) is 36.0 Å². The summed E-state index contributed by atoms with van der Waals surface area (Å²) in [5, 5.41) is 31.3. The fraction of sp³-hybridized carbons (Fsp3) is 0.724. The predicted molar refractivity (Wildman–Crippen MR) is 140 cm³/mol. The number of hydrogen-bond acceptors (Lipinski definition) is 8. The molecule has 1 saturated heterocycles. The Balaban J connectivity index is 2.06. The highest BCUT2D eigenvalue weighted by Gasteiger charge is 2.45. The lowest BCUT2D eigenvalue weighted by atomic mass is 9.92. The minimum atomic E-state index is -1.81. The van der Waals surface area contributed by atoms with Crippen LogP contribution in [0.4, 0.5) is 0 Å². The first kappa shape index (κ1) is 31.2. The predicted octanol–water partition coefficient (Wildman–Crippen LogP) is 3.98. The Bertz CT molecular complexity index is 849. The van der Waals surface area contributed by atoms with Crippen LogP contribution in [-0.2, 0) is 23.8 Å². The van der Waals surface area contributed by atoms with Gasteiger partial charge in [0.2, 0.25) is 5.79 Å². The molecule has 0 radical (unpaired) electrons. The summed E-state index contributed by atoms with van der Waals surface area (Å²) < 4.78 is 16.6. The zero-order valence-electron chi connectivity index (χ0n) is 23.1. The van der Waals surface area contributed by atoms with Crippen molar-refractivity contribution in [3.63, 3.8) is 0 Å². The number of allylic oxidation sites excluding steroid dienone is 3. The minimum absolute atomic E-state index is 0.106. The Kier molecular flexibility index (Phi) is 12.0. The lowest BCUT2D eigenvalue weighted by Crippen LogP contribution is -2.39. The van der Waals surface area contributed by atoms with Gasteiger partial charge in [0, 0.05) is 25.2 Å². The van der Waals surface area contributed by atoms with Crippen molar-refractivity contribution in [1.29, 1.82) is 0 Å². The zero-order valence-corrected chi connectivity index (χ0v) is 23.1. The number of aliphatic hydroxyl groups is 3. The molecule has 8 heteroatoms. The van der Waals surface area contributed by atoms with E-state index in [2.05, 4.69) is 13.0 Å². The summed E-state index contributed by atoms with van der Waals surface area (Å²) in [5.41, 5.74) is 0.803. The van der Waals surface area contributed by atoms with E-state index in [1.54, 1.807) is 13.0 Å². The lowest BCUT2D eigenvalue weighted by molar-refractivity contribution is -0.205. The molecule has 2 aliphatic heterocycles. The van der Waals surface area contributed by atoms with E-state index in [1.807, 2.05) is 32.9 Å². The second-order valence-corrected chi connectivity index (χ2v) is 10.8. The molecule has 0 amide bonds. The zero-order chi connectivity index (χ0) is 27.8. The van der Waals surface area contributed by atoms with Gasteiger partial charge in [-0.3, -0.25) is 9.59 Å². The minimum Gasteiger partial charge on any atom is -0.457 e. The van der Waals surface area contributed by atoms with Gasteiger partial charge in [-0.15, -0.1) is 0 Å². The van der Waals surface area contributed by atoms with Crippen molar-refractivity contribution in [3.05, 3.63) is 36.0 Å². The summed E-state index contributed by atoms with van der Waals surface area (Å²) in [4.78, 5) is 24.0. The van der Waals surface area contributed by atoms with Gasteiger partial charge >= 0.3 is 11.9 Å². The van der Waals surface area contributed by atoms with Crippen molar-refractivity contribution in [1.82, 2.24) is 0 Å². The number of esters is 2. The molecule has 2 heterocycles. The first-order valence-electron chi connectivity index (χ1n) is 13.5. The molecule has 0 aromatic carbocycles. The topological polar surface area (TPSA) is 126 Å². The average molecular weight is 523 g/mol. The summed E-state index contributed by atoms with van der Waals surface area (Å²) >= 11 is 0. The Hall–Kier alpha value is -2.00. The molecule has 0 aromatic rings. The van der Waals surface area contributed by atoms with E-state index in [1.165, 1.54) is 13.0 Å². The van der Waals surface area contributed by atoms with E-state index in [0.717, 1.165) is 18.4 Å². The molecule has 0 bridgehead atoms. The van der Waals surface area contributed by atoms with Crippen LogP contribution in [0.3, 0.4) is 0 Å². The molecule has 3 N–H and O–H groups in total. The first-order valence-corrected chi connectivity index (χ1v) is 13.5. The third-order valence-electron chi connectivity index (χ3n) is 7.40. The first-order chi connectivity index (χ1) is 17.4. The van der Waals surface area contributed by atoms with Crippen LogP contribution in [0.25, 0.3) is 0 Å². The van der Waals surface area contributed by atoms with E-state index in [0.29, 0.717) is 6.42 Å². The Morgan fingerprint density at radius 3 is 2.65 bits per heavy atom. The molecular weight excluding hydrogens is 476 g/mol. The highest BCUT2D eigenvalue weighted by atomic mass is 16.7. The SMILES string of the molecule is CCC(O)C(C)C1OC1CC(C)/C=C/C=C(\C)C1C/C=C\C(O)(OC(C)=O)C(C)CCC(O)CC(=O)O1. The van der Waals surface area contributed by atoms with Gasteiger partial charge in [0.25, 0.3) is 0 Å². The molecule has 0 saturated carbocycles. The number of carbonyl (C=O) groups excluding carboxylic acids is 2. The number of ether oxygens (including phenoxy) is 3. The van der Waals surface area contributed by atoms with Crippen molar-refractivity contribution in [2.24, 2.45) is 17.8 Å². The fourth-order valence-corrected chi connectivity index (χ4v) is 4.72. The third kappa shape index (κ3) is 10.0. The van der Waals surface area contributed by atoms with Crippen LogP contribution >= 0.6 is 0 Å². The Morgan fingerprint density at radius 1 is 1.30 bits per heavy atom. The Labute approximate surface area is 221 Å². The van der Waals surface area contributed by atoms with Crippen LogP contribution in [-0.4, -0.2) is 63.6 Å². The van der Waals surface area contributed by atoms with Gasteiger partial charge in [-0.2, -0.15) is 0 Å². The molecule has 9 atom stereocenters. The fourth-order valence-electron chi connectivity index (χ4n) is 4.72. The maximum Gasteiger partial charge on any atom is 0.309 e. The van der Waals surface area contributed by atoms with E-state index >= 15 is 0 Å². The molecule has 0 aliphatic carbocycles. The monoisotopic (exact) mass is 522 g/mol. The van der Waals surface area contributed by atoms with E-state index in [-0.39, 0.29) is 49.4 Å². The number of rotatable bonds is 9. The molecule has 9 unspecified atom stereocenters. The van der Waals surface area contributed by atoms with E-state index < -0.39 is 35.9 Å². The van der Waals surface area contributed by atoms with E-state index in [9.17, 15) is 24.9 Å². The standard InChI is InChI=1S/C29H46O8/c1-7-24(32)21(5)28-26(36-28)16-18(2)10-8-11-19(3)25-12-9-15-29(34,37-22(6)30)20(4)13-14-23(31)17-27(33)35-25/h8-11,15,18,20-21,23-26,28,31-32,34H,7,12-14,16-17H2,1-6H3/b10-8+,15-9-,19-11+. The van der Waals surface area contributed by atoms with Gasteiger partial charge in [0.1, 0.15) is 6.10 Å². The van der Waals surface area contributed by atoms with Crippen LogP contribution < -0.4 is 0 Å². The summed E-state index contributed by atoms with van der Waals surface area (Å²) in [6.07, 6.45) is 9.72. The second kappa shape index (κ2) is 14.2. The van der Waals surface area contributed by atoms with Crippen LogP contribution in [0.5, 0.6) is 0 Å². The molecule has 37 heavy (non-hydrogen) atoms. The van der Waals surface area contributed by atoms with Crippen molar-refractivity contribution < 1.29 is 39.1 Å². The van der Waals surface area contributed by atoms with Gasteiger partial charge < -0.3 is 29.5 Å². The molecule has 1 fully saturated rings. The van der Waals surface area contributed by atoms with Crippen molar-refractivity contribution in [2.45, 2.75) is 116 Å². The highest BCUT2D eigenvalue weighted by Crippen LogP contribution is 2.36. The van der Waals surface area contributed by atoms with Crippen molar-refractivity contribution in [2.75, 3.05) is 0 Å². The molecule has 0 aromatic heterocycles. The summed E-state index contributed by atoms with van der Waals surface area (Å²) in [6, 6.07) is 0.